The molecule has 1 rings (SSSR count). The number of nitrogens with two attached hydrogens (primary N) is 1. The van der Waals surface area contributed by atoms with Crippen LogP contribution in [0.3, 0.4) is 0 Å². The molecule has 0 aromatic heterocycles. The predicted molar refractivity (Wildman–Crippen MR) is 54.6 cm³/mol. The van der Waals surface area contributed by atoms with E-state index in [1.165, 1.54) is 0 Å². The lowest BCUT2D eigenvalue weighted by Crippen LogP contribution is -1.97. The normalized spacial score (nSPS) is 10.6. The van der Waals surface area contributed by atoms with E-state index in [9.17, 15) is 4.79 Å². The lowest BCUT2D eigenvalue weighted by Gasteiger charge is -2.00. The monoisotopic (exact) mass is 196 g/mol. The van der Waals surface area contributed by atoms with Crippen molar-refractivity contribution in [2.24, 2.45) is 4.99 Å². The number of halogens is 1. The van der Waals surface area contributed by atoms with E-state index in [4.69, 9.17) is 17.3 Å². The van der Waals surface area contributed by atoms with E-state index in [-0.39, 0.29) is 0 Å². The van der Waals surface area contributed by atoms with Crippen LogP contribution in [0.2, 0.25) is 0 Å². The molecule has 0 aliphatic heterocycles. The van der Waals surface area contributed by atoms with Gasteiger partial charge in [-0.2, -0.15) is 0 Å². The summed E-state index contributed by atoms with van der Waals surface area (Å²) in [5, 5.41) is -0.495. The molecular formula is C9H9ClN2O. The summed E-state index contributed by atoms with van der Waals surface area (Å²) in [4.78, 5) is 14.6. The SMILES string of the molecule is CN=Cc1cc(C(=O)Cl)ccc1N. The number of benzene rings is 1. The average Bonchev–Trinajstić information content (AvgIpc) is 2.08. The van der Waals surface area contributed by atoms with Crippen LogP contribution in [0, 0.1) is 0 Å². The number of nitrogen functional groups attached to an aromatic ring is 1. The van der Waals surface area contributed by atoms with Gasteiger partial charge in [-0.3, -0.25) is 9.79 Å². The van der Waals surface area contributed by atoms with E-state index in [1.807, 2.05) is 0 Å². The van der Waals surface area contributed by atoms with Crippen molar-refractivity contribution < 1.29 is 4.79 Å². The molecule has 3 nitrogen and oxygen atoms in total. The smallest absolute Gasteiger partial charge is 0.252 e. The van der Waals surface area contributed by atoms with Gasteiger partial charge >= 0.3 is 0 Å². The lowest BCUT2D eigenvalue weighted by atomic mass is 10.1. The summed E-state index contributed by atoms with van der Waals surface area (Å²) in [6.45, 7) is 0. The Bertz CT molecular complexity index is 361. The van der Waals surface area contributed by atoms with Gasteiger partial charge in [0.2, 0.25) is 0 Å². The molecule has 0 aliphatic rings. The summed E-state index contributed by atoms with van der Waals surface area (Å²) in [6, 6.07) is 4.82. The predicted octanol–water partition coefficient (Wildman–Crippen LogP) is 1.70. The number of carbonyl (C=O) groups excluding carboxylic acids is 1. The maximum absolute atomic E-state index is 10.8. The zero-order valence-electron chi connectivity index (χ0n) is 7.12. The maximum atomic E-state index is 10.8. The third-order valence-electron chi connectivity index (χ3n) is 1.58. The molecule has 1 aromatic rings. The van der Waals surface area contributed by atoms with Crippen molar-refractivity contribution in [1.29, 1.82) is 0 Å². The average molecular weight is 197 g/mol. The van der Waals surface area contributed by atoms with Gasteiger partial charge in [0.05, 0.1) is 0 Å². The largest absolute Gasteiger partial charge is 0.398 e. The number of hydrogen-bond donors (Lipinski definition) is 1. The van der Waals surface area contributed by atoms with Gasteiger partial charge in [-0.25, -0.2) is 0 Å². The van der Waals surface area contributed by atoms with Crippen LogP contribution in [0.25, 0.3) is 0 Å². The van der Waals surface area contributed by atoms with Crippen LogP contribution in [0.5, 0.6) is 0 Å². The number of rotatable bonds is 2. The molecule has 0 heterocycles. The molecule has 0 fully saturated rings. The summed E-state index contributed by atoms with van der Waals surface area (Å²) in [5.74, 6) is 0. The third kappa shape index (κ3) is 2.29. The molecule has 0 bridgehead atoms. The Morgan fingerprint density at radius 3 is 2.85 bits per heavy atom. The van der Waals surface area contributed by atoms with Crippen molar-refractivity contribution in [3.05, 3.63) is 29.3 Å². The highest BCUT2D eigenvalue weighted by Gasteiger charge is 2.03. The van der Waals surface area contributed by atoms with Crippen LogP contribution in [-0.2, 0) is 0 Å². The first-order chi connectivity index (χ1) is 6.15. The third-order valence-corrected chi connectivity index (χ3v) is 1.80. The van der Waals surface area contributed by atoms with E-state index in [0.717, 1.165) is 0 Å². The molecule has 13 heavy (non-hydrogen) atoms. The highest BCUT2D eigenvalue weighted by atomic mass is 35.5. The first-order valence-corrected chi connectivity index (χ1v) is 4.04. The Hall–Kier alpha value is -1.35. The lowest BCUT2D eigenvalue weighted by molar-refractivity contribution is 0.108. The first kappa shape index (κ1) is 9.74. The first-order valence-electron chi connectivity index (χ1n) is 3.66. The minimum absolute atomic E-state index is 0.422. The molecule has 0 radical (unpaired) electrons. The fraction of sp³-hybridized carbons (Fsp3) is 0.111. The van der Waals surface area contributed by atoms with E-state index in [0.29, 0.717) is 16.8 Å². The van der Waals surface area contributed by atoms with Crippen LogP contribution >= 0.6 is 11.6 Å². The van der Waals surface area contributed by atoms with Crippen molar-refractivity contribution in [2.45, 2.75) is 0 Å². The number of anilines is 1. The Kier molecular flexibility index (Phi) is 3.03. The second-order valence-corrected chi connectivity index (χ2v) is 2.85. The number of carbonyl (C=O) groups is 1. The Labute approximate surface area is 81.2 Å². The van der Waals surface area contributed by atoms with Crippen molar-refractivity contribution in [2.75, 3.05) is 12.8 Å². The number of hydrogen-bond acceptors (Lipinski definition) is 3. The maximum Gasteiger partial charge on any atom is 0.252 e. The summed E-state index contributed by atoms with van der Waals surface area (Å²) in [7, 11) is 1.63. The minimum atomic E-state index is -0.495. The molecule has 0 unspecified atom stereocenters. The topological polar surface area (TPSA) is 55.5 Å². The van der Waals surface area contributed by atoms with Gasteiger partial charge in [0.1, 0.15) is 0 Å². The van der Waals surface area contributed by atoms with Gasteiger partial charge in [-0.15, -0.1) is 0 Å². The number of nitrogens with zero attached hydrogens (tertiary/aromatic N) is 1. The van der Waals surface area contributed by atoms with Gasteiger partial charge in [0, 0.05) is 30.1 Å². The molecule has 0 saturated carbocycles. The molecule has 0 atom stereocenters. The van der Waals surface area contributed by atoms with Gasteiger partial charge in [0.25, 0.3) is 5.24 Å². The quantitative estimate of drug-likeness (QED) is 0.445. The highest BCUT2D eigenvalue weighted by Crippen LogP contribution is 2.13. The van der Waals surface area contributed by atoms with E-state index < -0.39 is 5.24 Å². The van der Waals surface area contributed by atoms with Crippen LogP contribution in [0.15, 0.2) is 23.2 Å². The van der Waals surface area contributed by atoms with Crippen LogP contribution in [0.4, 0.5) is 5.69 Å². The second-order valence-electron chi connectivity index (χ2n) is 2.50. The van der Waals surface area contributed by atoms with Gasteiger partial charge in [0.15, 0.2) is 0 Å². The molecular weight excluding hydrogens is 188 g/mol. The molecule has 2 N–H and O–H groups in total. The highest BCUT2D eigenvalue weighted by molar-refractivity contribution is 6.67. The zero-order valence-corrected chi connectivity index (χ0v) is 7.88. The Balaban J connectivity index is 3.18. The molecule has 68 valence electrons. The van der Waals surface area contributed by atoms with Crippen molar-refractivity contribution in [3.8, 4) is 0 Å². The zero-order chi connectivity index (χ0) is 9.84. The van der Waals surface area contributed by atoms with Gasteiger partial charge in [-0.1, -0.05) is 0 Å². The van der Waals surface area contributed by atoms with E-state index in [2.05, 4.69) is 4.99 Å². The summed E-state index contributed by atoms with van der Waals surface area (Å²) in [5.41, 5.74) is 7.33. The standard InChI is InChI=1S/C9H9ClN2O/c1-12-5-7-4-6(9(10)13)2-3-8(7)11/h2-5H,11H2,1H3. The van der Waals surface area contributed by atoms with Crippen LogP contribution < -0.4 is 5.73 Å². The molecule has 0 spiro atoms. The van der Waals surface area contributed by atoms with E-state index in [1.54, 1.807) is 31.5 Å². The molecule has 4 heteroatoms. The van der Waals surface area contributed by atoms with Crippen molar-refractivity contribution in [1.82, 2.24) is 0 Å². The van der Waals surface area contributed by atoms with Crippen LogP contribution in [-0.4, -0.2) is 18.5 Å². The summed E-state index contributed by atoms with van der Waals surface area (Å²) in [6.07, 6.45) is 1.58. The molecule has 0 aliphatic carbocycles. The summed E-state index contributed by atoms with van der Waals surface area (Å²) >= 11 is 5.30. The fourth-order valence-corrected chi connectivity index (χ4v) is 1.07. The molecule has 0 amide bonds. The van der Waals surface area contributed by atoms with Gasteiger partial charge in [-0.05, 0) is 29.8 Å². The Morgan fingerprint density at radius 1 is 1.62 bits per heavy atom. The van der Waals surface area contributed by atoms with Crippen molar-refractivity contribution >= 4 is 28.7 Å². The van der Waals surface area contributed by atoms with Crippen LogP contribution in [0.1, 0.15) is 15.9 Å². The van der Waals surface area contributed by atoms with E-state index >= 15 is 0 Å². The fourth-order valence-electron chi connectivity index (χ4n) is 0.948. The minimum Gasteiger partial charge on any atom is -0.398 e. The second kappa shape index (κ2) is 4.05. The molecule has 0 saturated heterocycles. The Morgan fingerprint density at radius 2 is 2.31 bits per heavy atom. The summed E-state index contributed by atoms with van der Waals surface area (Å²) < 4.78 is 0. The van der Waals surface area contributed by atoms with Gasteiger partial charge < -0.3 is 5.73 Å². The molecule has 1 aromatic carbocycles. The number of aliphatic imine (C=N–C) groups is 1. The van der Waals surface area contributed by atoms with Crippen molar-refractivity contribution in [3.63, 3.8) is 0 Å².